The molecule has 60 valence electrons. The van der Waals surface area contributed by atoms with Crippen LogP contribution in [0.15, 0.2) is 0 Å². The normalized spacial score (nSPS) is 35.7. The average molecular weight is 160 g/mol. The van der Waals surface area contributed by atoms with Crippen molar-refractivity contribution in [1.29, 1.82) is 0 Å². The Morgan fingerprint density at radius 2 is 1.90 bits per heavy atom. The molecule has 3 atom stereocenters. The third-order valence-electron chi connectivity index (χ3n) is 1.85. The highest BCUT2D eigenvalue weighted by Gasteiger charge is 2.50. The van der Waals surface area contributed by atoms with Gasteiger partial charge >= 0.3 is 0 Å². The molecule has 0 aromatic rings. The van der Waals surface area contributed by atoms with Crippen LogP contribution in [0.5, 0.6) is 0 Å². The van der Waals surface area contributed by atoms with Gasteiger partial charge in [-0.25, -0.2) is 0 Å². The summed E-state index contributed by atoms with van der Waals surface area (Å²) in [6.45, 7) is 8.59. The fraction of sp³-hybridized carbons (Fsp3) is 1.00. The zero-order chi connectivity index (χ0) is 7.94. The van der Waals surface area contributed by atoms with Crippen molar-refractivity contribution in [3.63, 3.8) is 0 Å². The van der Waals surface area contributed by atoms with Crippen molar-refractivity contribution in [2.75, 3.05) is 0 Å². The zero-order valence-electron chi connectivity index (χ0n) is 7.09. The quantitative estimate of drug-likeness (QED) is 0.483. The summed E-state index contributed by atoms with van der Waals surface area (Å²) in [7, 11) is -1.13. The smallest absolute Gasteiger partial charge is 0.106 e. The first kappa shape index (κ1) is 8.24. The van der Waals surface area contributed by atoms with Gasteiger partial charge in [0.1, 0.15) is 6.10 Å². The molecule has 3 heteroatoms. The second-order valence-corrected chi connectivity index (χ2v) is 9.43. The first-order valence-corrected chi connectivity index (χ1v) is 7.34. The summed E-state index contributed by atoms with van der Waals surface area (Å²) in [4.78, 5) is 0. The van der Waals surface area contributed by atoms with Crippen LogP contribution in [0.4, 0.5) is 0 Å². The standard InChI is InChI=1S/C7H16O2Si/c1-5(8)6-7(9-6)10(2,3)4/h5-8H,1-4H3. The van der Waals surface area contributed by atoms with Crippen LogP contribution >= 0.6 is 0 Å². The van der Waals surface area contributed by atoms with E-state index in [-0.39, 0.29) is 12.2 Å². The number of hydrogen-bond donors (Lipinski definition) is 1. The molecule has 3 unspecified atom stereocenters. The van der Waals surface area contributed by atoms with Crippen molar-refractivity contribution in [2.24, 2.45) is 0 Å². The second-order valence-electron chi connectivity index (χ2n) is 4.13. The molecule has 0 aliphatic carbocycles. The summed E-state index contributed by atoms with van der Waals surface area (Å²) < 4.78 is 5.35. The molecule has 0 aromatic heterocycles. The molecule has 1 fully saturated rings. The van der Waals surface area contributed by atoms with Crippen molar-refractivity contribution in [3.05, 3.63) is 0 Å². The largest absolute Gasteiger partial charge is 0.391 e. The fourth-order valence-corrected chi connectivity index (χ4v) is 3.02. The molecule has 1 saturated heterocycles. The lowest BCUT2D eigenvalue weighted by Gasteiger charge is -2.11. The Kier molecular flexibility index (Phi) is 1.91. The second kappa shape index (κ2) is 2.32. The van der Waals surface area contributed by atoms with E-state index in [9.17, 15) is 0 Å². The number of epoxide rings is 1. The van der Waals surface area contributed by atoms with Gasteiger partial charge in [-0.05, 0) is 6.92 Å². The molecular formula is C7H16O2Si. The number of ether oxygens (including phenoxy) is 1. The first-order chi connectivity index (χ1) is 4.43. The molecule has 0 radical (unpaired) electrons. The lowest BCUT2D eigenvalue weighted by molar-refractivity contribution is 0.153. The predicted octanol–water partition coefficient (Wildman–Crippen LogP) is 1.01. The minimum Gasteiger partial charge on any atom is -0.391 e. The molecule has 1 rings (SSSR count). The van der Waals surface area contributed by atoms with Crippen LogP contribution in [0, 0.1) is 0 Å². The topological polar surface area (TPSA) is 32.8 Å². The van der Waals surface area contributed by atoms with E-state index in [1.165, 1.54) is 0 Å². The lowest BCUT2D eigenvalue weighted by Crippen LogP contribution is -2.32. The highest BCUT2D eigenvalue weighted by Crippen LogP contribution is 2.33. The van der Waals surface area contributed by atoms with E-state index in [1.807, 2.05) is 0 Å². The van der Waals surface area contributed by atoms with Crippen molar-refractivity contribution < 1.29 is 9.84 Å². The lowest BCUT2D eigenvalue weighted by atomic mass is 10.3. The summed E-state index contributed by atoms with van der Waals surface area (Å²) >= 11 is 0. The van der Waals surface area contributed by atoms with Gasteiger partial charge in [0.05, 0.1) is 19.9 Å². The molecule has 0 amide bonds. The van der Waals surface area contributed by atoms with E-state index in [1.54, 1.807) is 6.92 Å². The Hall–Kier alpha value is 0.137. The first-order valence-electron chi connectivity index (χ1n) is 3.76. The summed E-state index contributed by atoms with van der Waals surface area (Å²) in [5.41, 5.74) is 0.396. The van der Waals surface area contributed by atoms with Crippen molar-refractivity contribution in [3.8, 4) is 0 Å². The molecule has 1 aliphatic rings. The summed E-state index contributed by atoms with van der Waals surface area (Å²) in [5, 5.41) is 9.12. The van der Waals surface area contributed by atoms with Crippen molar-refractivity contribution in [1.82, 2.24) is 0 Å². The van der Waals surface area contributed by atoms with Gasteiger partial charge in [-0.3, -0.25) is 0 Å². The van der Waals surface area contributed by atoms with Crippen LogP contribution < -0.4 is 0 Å². The Labute approximate surface area is 63.2 Å². The van der Waals surface area contributed by atoms with Crippen LogP contribution in [-0.2, 0) is 4.74 Å². The molecule has 2 nitrogen and oxygen atoms in total. The van der Waals surface area contributed by atoms with Gasteiger partial charge in [-0.1, -0.05) is 19.6 Å². The maximum atomic E-state index is 9.12. The van der Waals surface area contributed by atoms with E-state index in [0.29, 0.717) is 5.73 Å². The van der Waals surface area contributed by atoms with Gasteiger partial charge in [0.25, 0.3) is 0 Å². The van der Waals surface area contributed by atoms with Gasteiger partial charge in [0, 0.05) is 0 Å². The molecule has 0 spiro atoms. The summed E-state index contributed by atoms with van der Waals surface area (Å²) in [6.07, 6.45) is -0.136. The fourth-order valence-electron chi connectivity index (χ4n) is 1.19. The predicted molar refractivity (Wildman–Crippen MR) is 43.7 cm³/mol. The maximum Gasteiger partial charge on any atom is 0.106 e. The SMILES string of the molecule is CC(O)C1OC1[Si](C)(C)C. The van der Waals surface area contributed by atoms with E-state index in [2.05, 4.69) is 19.6 Å². The molecule has 1 N–H and O–H groups in total. The molecule has 0 aromatic carbocycles. The minimum atomic E-state index is -1.13. The van der Waals surface area contributed by atoms with Crippen LogP contribution in [0.2, 0.25) is 19.6 Å². The van der Waals surface area contributed by atoms with E-state index < -0.39 is 8.07 Å². The molecule has 1 heterocycles. The third kappa shape index (κ3) is 1.59. The third-order valence-corrected chi connectivity index (χ3v) is 4.03. The highest BCUT2D eigenvalue weighted by atomic mass is 28.3. The number of aliphatic hydroxyl groups excluding tert-OH is 1. The summed E-state index contributed by atoms with van der Waals surface area (Å²) in [5.74, 6) is 0. The Balaban J connectivity index is 2.39. The van der Waals surface area contributed by atoms with Crippen LogP contribution in [-0.4, -0.2) is 31.1 Å². The van der Waals surface area contributed by atoms with Crippen molar-refractivity contribution >= 4 is 8.07 Å². The monoisotopic (exact) mass is 160 g/mol. The molecule has 10 heavy (non-hydrogen) atoms. The zero-order valence-corrected chi connectivity index (χ0v) is 8.09. The number of aliphatic hydroxyl groups is 1. The van der Waals surface area contributed by atoms with E-state index >= 15 is 0 Å². The Morgan fingerprint density at radius 3 is 2.00 bits per heavy atom. The van der Waals surface area contributed by atoms with Gasteiger partial charge in [0.15, 0.2) is 0 Å². The molecule has 0 bridgehead atoms. The van der Waals surface area contributed by atoms with Crippen LogP contribution in [0.3, 0.4) is 0 Å². The number of rotatable bonds is 2. The van der Waals surface area contributed by atoms with E-state index in [4.69, 9.17) is 9.84 Å². The number of hydrogen-bond acceptors (Lipinski definition) is 2. The Bertz CT molecular complexity index is 128. The average Bonchev–Trinajstić information content (AvgIpc) is 2.35. The Morgan fingerprint density at radius 1 is 1.40 bits per heavy atom. The van der Waals surface area contributed by atoms with E-state index in [0.717, 1.165) is 0 Å². The highest BCUT2D eigenvalue weighted by molar-refractivity contribution is 6.78. The maximum absolute atomic E-state index is 9.12. The molecular weight excluding hydrogens is 144 g/mol. The van der Waals surface area contributed by atoms with Crippen LogP contribution in [0.25, 0.3) is 0 Å². The molecule has 0 saturated carbocycles. The van der Waals surface area contributed by atoms with Gasteiger partial charge in [0.2, 0.25) is 0 Å². The van der Waals surface area contributed by atoms with Crippen LogP contribution in [0.1, 0.15) is 6.92 Å². The van der Waals surface area contributed by atoms with Gasteiger partial charge < -0.3 is 9.84 Å². The molecule has 1 aliphatic heterocycles. The minimum absolute atomic E-state index is 0.145. The van der Waals surface area contributed by atoms with Gasteiger partial charge in [-0.2, -0.15) is 0 Å². The van der Waals surface area contributed by atoms with Crippen molar-refractivity contribution in [2.45, 2.75) is 44.5 Å². The summed E-state index contributed by atoms with van der Waals surface area (Å²) in [6, 6.07) is 0. The van der Waals surface area contributed by atoms with Gasteiger partial charge in [-0.15, -0.1) is 0 Å².